The largest absolute Gasteiger partial charge is 0.508 e. The molecule has 2 aromatic heterocycles. The van der Waals surface area contributed by atoms with E-state index in [2.05, 4.69) is 67.8 Å². The zero-order chi connectivity index (χ0) is 69.2. The van der Waals surface area contributed by atoms with Crippen molar-refractivity contribution >= 4 is 87.9 Å². The molecule has 2 aromatic carbocycles. The Morgan fingerprint density at radius 2 is 1.26 bits per heavy atom. The minimum atomic E-state index is -1.75. The highest BCUT2D eigenvalue weighted by molar-refractivity contribution is 5.99. The van der Waals surface area contributed by atoms with Crippen molar-refractivity contribution in [3.8, 4) is 5.75 Å². The van der Waals surface area contributed by atoms with Gasteiger partial charge in [-0.3, -0.25) is 62.5 Å². The Morgan fingerprint density at radius 3 is 1.81 bits per heavy atom. The number of likely N-dealkylation sites (N-methyl/N-ethyl adjacent to an activating group) is 1. The van der Waals surface area contributed by atoms with Gasteiger partial charge in [0.1, 0.15) is 66.7 Å². The summed E-state index contributed by atoms with van der Waals surface area (Å²) < 4.78 is 5.30. The van der Waals surface area contributed by atoms with Gasteiger partial charge in [0.25, 0.3) is 5.97 Å². The van der Waals surface area contributed by atoms with Gasteiger partial charge in [0.15, 0.2) is 5.96 Å². The number of rotatable bonds is 33. The van der Waals surface area contributed by atoms with Crippen molar-refractivity contribution in [3.05, 3.63) is 84.1 Å². The fourth-order valence-electron chi connectivity index (χ4n) is 10.7. The number of aromatic amines is 2. The van der Waals surface area contributed by atoms with Crippen molar-refractivity contribution in [2.45, 2.75) is 173 Å². The van der Waals surface area contributed by atoms with Crippen LogP contribution in [0.1, 0.15) is 117 Å². The van der Waals surface area contributed by atoms with E-state index in [-0.39, 0.29) is 106 Å². The zero-order valence-corrected chi connectivity index (χ0v) is 54.0. The Kier molecular flexibility index (Phi) is 29.2. The Labute approximate surface area is 544 Å². The van der Waals surface area contributed by atoms with Gasteiger partial charge < -0.3 is 89.1 Å². The third kappa shape index (κ3) is 24.2. The van der Waals surface area contributed by atoms with E-state index in [0.29, 0.717) is 47.1 Å². The normalized spacial score (nSPS) is 16.4. The number of amides is 10. The maximum absolute atomic E-state index is 14.8. The van der Waals surface area contributed by atoms with Crippen molar-refractivity contribution in [1.82, 2.24) is 67.7 Å². The molecule has 94 heavy (non-hydrogen) atoms. The summed E-state index contributed by atoms with van der Waals surface area (Å²) in [5.41, 5.74) is 13.3. The van der Waals surface area contributed by atoms with Crippen LogP contribution >= 0.6 is 0 Å². The fourth-order valence-corrected chi connectivity index (χ4v) is 10.7. The van der Waals surface area contributed by atoms with E-state index >= 15 is 0 Å². The molecule has 10 amide bonds. The number of esters is 1. The second kappa shape index (κ2) is 36.8. The first-order chi connectivity index (χ1) is 44.6. The van der Waals surface area contributed by atoms with Gasteiger partial charge in [-0.15, -0.1) is 0 Å². The molecule has 2 saturated heterocycles. The molecule has 31 nitrogen and oxygen atoms in total. The number of carbonyl (C=O) groups is 12. The summed E-state index contributed by atoms with van der Waals surface area (Å²) in [7, 11) is 0. The minimum Gasteiger partial charge on any atom is -0.508 e. The highest BCUT2D eigenvalue weighted by Gasteiger charge is 2.40. The molecule has 2 fully saturated rings. The number of likely N-dealkylation sites (tertiary alicyclic amines) is 1. The Bertz CT molecular complexity index is 3290. The number of para-hydroxylation sites is 1. The van der Waals surface area contributed by atoms with Crippen molar-refractivity contribution in [1.29, 1.82) is 0 Å². The van der Waals surface area contributed by atoms with Crippen LogP contribution in [0.4, 0.5) is 0 Å². The van der Waals surface area contributed by atoms with Crippen LogP contribution in [0.2, 0.25) is 0 Å². The molecule has 6 rings (SSSR count). The highest BCUT2D eigenvalue weighted by atomic mass is 16.5. The van der Waals surface area contributed by atoms with E-state index in [1.54, 1.807) is 51.2 Å². The van der Waals surface area contributed by atoms with Crippen LogP contribution in [0.3, 0.4) is 0 Å². The van der Waals surface area contributed by atoms with Gasteiger partial charge in [-0.25, -0.2) is 4.98 Å². The molecule has 4 aromatic rings. The second-order valence-electron chi connectivity index (χ2n) is 23.9. The van der Waals surface area contributed by atoms with Crippen LogP contribution in [0, 0.1) is 11.8 Å². The lowest BCUT2D eigenvalue weighted by Crippen LogP contribution is -2.61. The van der Waals surface area contributed by atoms with Crippen LogP contribution in [-0.2, 0) is 81.5 Å². The first kappa shape index (κ1) is 74.6. The third-order valence-electron chi connectivity index (χ3n) is 15.2. The topological polar surface area (TPSA) is 475 Å². The quantitative estimate of drug-likeness (QED) is 0.0120. The van der Waals surface area contributed by atoms with Gasteiger partial charge in [-0.2, -0.15) is 0 Å². The first-order valence-electron chi connectivity index (χ1n) is 31.3. The molecule has 0 saturated carbocycles. The van der Waals surface area contributed by atoms with E-state index in [9.17, 15) is 57.8 Å². The molecule has 9 atom stereocenters. The number of fused-ring (bicyclic) bond motifs is 1. The molecular weight excluding hydrogens is 1220 g/mol. The molecule has 0 unspecified atom stereocenters. The summed E-state index contributed by atoms with van der Waals surface area (Å²) >= 11 is 0. The van der Waals surface area contributed by atoms with Crippen molar-refractivity contribution < 1.29 is 72.5 Å². The molecule has 512 valence electrons. The number of guanidine groups is 1. The third-order valence-corrected chi connectivity index (χ3v) is 15.2. The molecular formula is C63H90N16O15. The highest BCUT2D eigenvalue weighted by Crippen LogP contribution is 2.22. The molecule has 0 spiro atoms. The average Bonchev–Trinajstić information content (AvgIpc) is 1.39. The number of carboxylic acids is 1. The van der Waals surface area contributed by atoms with Gasteiger partial charge in [-0.05, 0) is 93.0 Å². The van der Waals surface area contributed by atoms with Gasteiger partial charge in [-0.1, -0.05) is 58.0 Å². The number of nitrogens with one attached hydrogen (secondary N) is 11. The number of carboxylic acid groups (broad SMARTS) is 1. The van der Waals surface area contributed by atoms with Gasteiger partial charge in [0.2, 0.25) is 59.1 Å². The summed E-state index contributed by atoms with van der Waals surface area (Å²) in [5.74, 6) is -9.39. The summed E-state index contributed by atoms with van der Waals surface area (Å²) in [6, 6.07) is 1.35. The number of H-pyrrole nitrogens is 2. The second-order valence-corrected chi connectivity index (χ2v) is 23.9. The number of carbonyl (C=O) groups excluding carboxylic acids is 11. The zero-order valence-electron chi connectivity index (χ0n) is 54.0. The predicted octanol–water partition coefficient (Wildman–Crippen LogP) is -0.776. The lowest BCUT2D eigenvalue weighted by atomic mass is 9.98. The number of aliphatic carboxylic acids is 1. The van der Waals surface area contributed by atoms with Gasteiger partial charge in [0, 0.05) is 88.2 Å². The smallest absolute Gasteiger partial charge is 0.302 e. The summed E-state index contributed by atoms with van der Waals surface area (Å²) in [5, 5.41) is 42.7. The maximum Gasteiger partial charge on any atom is 0.302 e. The molecule has 0 radical (unpaired) electrons. The van der Waals surface area contributed by atoms with Crippen molar-refractivity contribution in [2.24, 2.45) is 28.3 Å². The fraction of sp³-hybridized carbons (Fsp3) is 0.524. The molecule has 2 aliphatic rings. The number of benzene rings is 2. The minimum absolute atomic E-state index is 0.0216. The van der Waals surface area contributed by atoms with Crippen LogP contribution < -0.4 is 59.3 Å². The molecule has 4 heterocycles. The number of phenolic OH excluding ortho intramolecular Hbond substituents is 1. The van der Waals surface area contributed by atoms with E-state index in [1.807, 2.05) is 13.8 Å². The summed E-state index contributed by atoms with van der Waals surface area (Å²) in [6.07, 6.45) is 5.63. The number of aromatic nitrogens is 3. The van der Waals surface area contributed by atoms with E-state index in [0.717, 1.165) is 13.8 Å². The standard InChI is InChI=1S/C61H86N16O13.C2H4O2/c1-7-65-59(88)50-15-11-23-77(50)60(89)43(14-10-22-66-61(62)63)70-53(82)44(24-33(2)3)71-54(83)45(25-34(4)5)72-55(84)46(26-36-16-18-39(79)19-17-36)73-58(87)49(31-90-35(6)78)76-56(85)47(27-37-29-67-41-13-9-8-12-40(37)41)74-57(86)48(28-38-30-64-32-68-38)75-52(81)42-20-21-51(80)69-42;1-2(3)4/h8-9,12-13,16-19,29-30,32-34,42-50,67,79H,7,10-11,14-15,20-28,31H2,1-6H3,(H,64,68)(H,65,88)(H,69,80)(H,70,82)(H,71,83)(H,72,84)(H,73,87)(H,74,86)(H,75,81)(H,76,85)(H4,62,63,66);1H3,(H,3,4)/t42-,43-,44-,45-,46-,47-,48-,49-,50-;/m0./s1. The van der Waals surface area contributed by atoms with Crippen LogP contribution in [-0.4, -0.2) is 188 Å². The first-order valence-corrected chi connectivity index (χ1v) is 31.3. The van der Waals surface area contributed by atoms with Crippen molar-refractivity contribution in [3.63, 3.8) is 0 Å². The van der Waals surface area contributed by atoms with E-state index in [4.69, 9.17) is 26.1 Å². The number of imidazole rings is 1. The van der Waals surface area contributed by atoms with Crippen LogP contribution in [0.5, 0.6) is 5.75 Å². The number of ether oxygens (including phenoxy) is 1. The Balaban J connectivity index is 0.00000388. The number of nitrogens with zero attached hydrogens (tertiary/aromatic N) is 3. The average molecular weight is 1310 g/mol. The molecule has 0 aliphatic carbocycles. The van der Waals surface area contributed by atoms with Crippen molar-refractivity contribution in [2.75, 3.05) is 26.2 Å². The molecule has 2 aliphatic heterocycles. The van der Waals surface area contributed by atoms with Crippen LogP contribution in [0.25, 0.3) is 10.9 Å². The number of hydrogen-bond donors (Lipinski definition) is 15. The van der Waals surface area contributed by atoms with Gasteiger partial charge in [0.05, 0.1) is 6.33 Å². The number of aromatic hydroxyl groups is 1. The van der Waals surface area contributed by atoms with Gasteiger partial charge >= 0.3 is 5.97 Å². The number of hydrogen-bond acceptors (Lipinski definition) is 16. The monoisotopic (exact) mass is 1310 g/mol. The van der Waals surface area contributed by atoms with E-state index < -0.39 is 120 Å². The molecule has 0 bridgehead atoms. The maximum atomic E-state index is 14.8. The Morgan fingerprint density at radius 1 is 0.702 bits per heavy atom. The predicted molar refractivity (Wildman–Crippen MR) is 343 cm³/mol. The Hall–Kier alpha value is -10.1. The number of phenols is 1. The SMILES string of the molecule is CC(=O)O.CCNC(=O)[C@@H]1CCCN1C(=O)[C@H](CCCN=C(N)N)NC(=O)[C@H](CC(C)C)NC(=O)[C@H](CC(C)C)NC(=O)[C@H](Cc1ccc(O)cc1)NC(=O)[C@H](COC(C)=O)NC(=O)[C@H](Cc1c[nH]c2ccccc12)NC(=O)[C@H](Cc1cnc[nH]1)NC(=O)[C@@H]1CCC(=O)N1. The van der Waals surface area contributed by atoms with Crippen LogP contribution in [0.15, 0.2) is 72.2 Å². The summed E-state index contributed by atoms with van der Waals surface area (Å²) in [6.45, 7) is 11.2. The number of aliphatic imine (C=N–C) groups is 1. The summed E-state index contributed by atoms with van der Waals surface area (Å²) in [4.78, 5) is 178. The molecule has 17 N–H and O–H groups in total. The lowest BCUT2D eigenvalue weighted by Gasteiger charge is -2.31. The molecule has 31 heteroatoms. The lowest BCUT2D eigenvalue weighted by molar-refractivity contribution is -0.145. The number of nitrogens with two attached hydrogens (primary N) is 2. The van der Waals surface area contributed by atoms with E-state index in [1.165, 1.54) is 41.7 Å².